The summed E-state index contributed by atoms with van der Waals surface area (Å²) in [5, 5.41) is -2.05. The molecule has 1 aromatic rings. The molecule has 0 amide bonds. The van der Waals surface area contributed by atoms with Crippen molar-refractivity contribution in [2.24, 2.45) is 0 Å². The van der Waals surface area contributed by atoms with E-state index in [1.54, 1.807) is 7.11 Å². The molecular formula is C16H26NNaO7P2. The number of methoxy groups -OCH3 is 1. The van der Waals surface area contributed by atoms with E-state index in [1.165, 1.54) is 0 Å². The zero-order valence-corrected chi connectivity index (χ0v) is 19.9. The molecule has 0 aliphatic rings. The second-order valence-corrected chi connectivity index (χ2v) is 10.1. The molecule has 2 unspecified atom stereocenters. The smallest absolute Gasteiger partial charge is 0.778 e. The molecule has 0 aliphatic carbocycles. The zero-order chi connectivity index (χ0) is 20.0. The number of para-hydroxylation sites is 1. The first-order valence-corrected chi connectivity index (χ1v) is 11.4. The maximum atomic E-state index is 11.2. The summed E-state index contributed by atoms with van der Waals surface area (Å²) >= 11 is 0. The number of likely N-dealkylation sites (N-methyl/N-ethyl adjacent to an activating group) is 1. The van der Waals surface area contributed by atoms with Crippen molar-refractivity contribution in [3.8, 4) is 5.75 Å². The van der Waals surface area contributed by atoms with Crippen LogP contribution in [0.1, 0.15) is 25.3 Å². The molecule has 0 bridgehead atoms. The third-order valence-corrected chi connectivity index (χ3v) is 7.83. The molecule has 148 valence electrons. The van der Waals surface area contributed by atoms with E-state index in [1.807, 2.05) is 49.2 Å². The average molecular weight is 429 g/mol. The Kier molecular flexibility index (Phi) is 11.9. The Morgan fingerprint density at radius 1 is 1.30 bits per heavy atom. The van der Waals surface area contributed by atoms with Crippen LogP contribution in [0.3, 0.4) is 0 Å². The van der Waals surface area contributed by atoms with Crippen LogP contribution in [0.25, 0.3) is 5.57 Å². The van der Waals surface area contributed by atoms with Crippen molar-refractivity contribution < 1.29 is 63.0 Å². The molecule has 0 saturated heterocycles. The summed E-state index contributed by atoms with van der Waals surface area (Å²) in [4.78, 5) is 40.2. The molecular weight excluding hydrogens is 403 g/mol. The number of nitrogens with zero attached hydrogens (tertiary/aromatic N) is 1. The average Bonchev–Trinajstić information content (AvgIpc) is 2.54. The first-order valence-electron chi connectivity index (χ1n) is 8.04. The number of hydrogen-bond acceptors (Lipinski definition) is 5. The molecule has 0 spiro atoms. The fraction of sp³-hybridized carbons (Fsp3) is 0.500. The minimum Gasteiger partial charge on any atom is -0.778 e. The number of hydrogen-bond donors (Lipinski definition) is 3. The number of ether oxygens (including phenoxy) is 1. The van der Waals surface area contributed by atoms with Gasteiger partial charge in [-0.2, -0.15) is 0 Å². The van der Waals surface area contributed by atoms with Crippen molar-refractivity contribution in [2.75, 3.05) is 27.2 Å². The van der Waals surface area contributed by atoms with Gasteiger partial charge < -0.3 is 33.8 Å². The van der Waals surface area contributed by atoms with E-state index in [0.717, 1.165) is 16.9 Å². The fourth-order valence-corrected chi connectivity index (χ4v) is 5.08. The molecule has 0 radical (unpaired) electrons. The van der Waals surface area contributed by atoms with Crippen LogP contribution in [0.4, 0.5) is 0 Å². The van der Waals surface area contributed by atoms with Crippen molar-refractivity contribution >= 4 is 20.8 Å². The quantitative estimate of drug-likeness (QED) is 0.315. The van der Waals surface area contributed by atoms with Crippen LogP contribution in [0.5, 0.6) is 5.75 Å². The molecule has 1 rings (SSSR count). The Hall–Kier alpha value is 0.0200. The number of benzene rings is 1. The Morgan fingerprint density at radius 2 is 1.89 bits per heavy atom. The molecule has 1 aromatic carbocycles. The predicted molar refractivity (Wildman–Crippen MR) is 99.0 cm³/mol. The van der Waals surface area contributed by atoms with Gasteiger partial charge >= 0.3 is 37.2 Å². The van der Waals surface area contributed by atoms with Gasteiger partial charge in [0, 0.05) is 12.1 Å². The Labute approximate surface area is 182 Å². The molecule has 2 atom stereocenters. The zero-order valence-electron chi connectivity index (χ0n) is 16.1. The summed E-state index contributed by atoms with van der Waals surface area (Å²) in [6, 6.07) is 7.61. The normalized spacial score (nSPS) is 15.8. The van der Waals surface area contributed by atoms with Gasteiger partial charge in [-0.3, -0.25) is 4.57 Å². The predicted octanol–water partition coefficient (Wildman–Crippen LogP) is -1.14. The number of allylic oxidation sites excluding steroid dienone is 1. The molecule has 8 nitrogen and oxygen atoms in total. The van der Waals surface area contributed by atoms with Gasteiger partial charge in [-0.15, -0.1) is 0 Å². The van der Waals surface area contributed by atoms with Gasteiger partial charge in [-0.25, -0.2) is 0 Å². The van der Waals surface area contributed by atoms with Gasteiger partial charge in [0.1, 0.15) is 18.7 Å². The summed E-state index contributed by atoms with van der Waals surface area (Å²) in [5.74, 6) is 0.766. The third kappa shape index (κ3) is 9.37. The molecule has 27 heavy (non-hydrogen) atoms. The molecule has 3 N–H and O–H groups in total. The Morgan fingerprint density at radius 3 is 2.41 bits per heavy atom. The summed E-state index contributed by atoms with van der Waals surface area (Å²) in [6.45, 7) is 2.94. The second-order valence-electron chi connectivity index (χ2n) is 6.13. The molecule has 11 heteroatoms. The van der Waals surface area contributed by atoms with E-state index >= 15 is 0 Å². The van der Waals surface area contributed by atoms with Crippen LogP contribution in [0, 0.1) is 0 Å². The van der Waals surface area contributed by atoms with Gasteiger partial charge in [0.15, 0.2) is 0 Å². The fourth-order valence-electron chi connectivity index (χ4n) is 2.53. The summed E-state index contributed by atoms with van der Waals surface area (Å²) in [7, 11) is -6.59. The minimum absolute atomic E-state index is 0. The van der Waals surface area contributed by atoms with Crippen molar-refractivity contribution in [1.82, 2.24) is 4.90 Å². The van der Waals surface area contributed by atoms with Gasteiger partial charge in [0.05, 0.1) is 7.11 Å². The van der Waals surface area contributed by atoms with Crippen LogP contribution in [-0.4, -0.2) is 52.2 Å². The summed E-state index contributed by atoms with van der Waals surface area (Å²) in [5.41, 5.74) is 1.99. The first-order chi connectivity index (χ1) is 12.0. The van der Waals surface area contributed by atoms with Gasteiger partial charge in [-0.1, -0.05) is 24.3 Å². The van der Waals surface area contributed by atoms with E-state index in [0.29, 0.717) is 13.1 Å². The van der Waals surface area contributed by atoms with E-state index in [-0.39, 0.29) is 42.4 Å². The van der Waals surface area contributed by atoms with Crippen molar-refractivity contribution in [1.29, 1.82) is 0 Å². The van der Waals surface area contributed by atoms with Crippen molar-refractivity contribution in [3.05, 3.63) is 35.9 Å². The van der Waals surface area contributed by atoms with Crippen molar-refractivity contribution in [3.63, 3.8) is 0 Å². The van der Waals surface area contributed by atoms with E-state index in [9.17, 15) is 14.0 Å². The third-order valence-electron chi connectivity index (χ3n) is 4.01. The topological polar surface area (TPSA) is 130 Å². The van der Waals surface area contributed by atoms with Crippen LogP contribution < -0.4 is 39.2 Å². The molecule has 0 aromatic heterocycles. The Balaban J connectivity index is 0.00000676. The van der Waals surface area contributed by atoms with E-state index in [4.69, 9.17) is 19.4 Å². The maximum absolute atomic E-state index is 11.2. The monoisotopic (exact) mass is 429 g/mol. The van der Waals surface area contributed by atoms with Gasteiger partial charge in [0.25, 0.3) is 0 Å². The largest absolute Gasteiger partial charge is 1.00 e. The van der Waals surface area contributed by atoms with Crippen LogP contribution >= 0.6 is 15.2 Å². The maximum Gasteiger partial charge on any atom is 1.00 e. The Bertz CT molecular complexity index is 694. The number of rotatable bonds is 10. The molecule has 0 heterocycles. The van der Waals surface area contributed by atoms with E-state index < -0.39 is 20.6 Å². The van der Waals surface area contributed by atoms with E-state index in [2.05, 4.69) is 0 Å². The van der Waals surface area contributed by atoms with Crippen LogP contribution in [0.15, 0.2) is 30.3 Å². The second kappa shape index (κ2) is 11.9. The van der Waals surface area contributed by atoms with Crippen molar-refractivity contribution in [2.45, 2.75) is 25.2 Å². The molecule has 0 fully saturated rings. The minimum atomic E-state index is -5.10. The summed E-state index contributed by atoms with van der Waals surface area (Å²) < 4.78 is 27.7. The first kappa shape index (κ1) is 27.0. The standard InChI is InChI=1S/C16H27NO7P2.Na/c1-13(14-7-4-5-8-15(14)24-3)10-12-17(2)11-6-9-16(25(18,19)20)26(21,22)23;/h4-5,7-8,10,16H,6,9,11-12H2,1-3H3,(H2,18,19,20)(H2,21,22,23);/q;+1/p-1/b13-10+;. The molecule has 0 aliphatic heterocycles. The van der Waals surface area contributed by atoms with Crippen LogP contribution in [0.2, 0.25) is 0 Å². The van der Waals surface area contributed by atoms with Gasteiger partial charge in [-0.05, 0) is 45.0 Å². The van der Waals surface area contributed by atoms with Gasteiger partial charge in [0.2, 0.25) is 0 Å². The molecule has 0 saturated carbocycles. The summed E-state index contributed by atoms with van der Waals surface area (Å²) in [6.07, 6.45) is 1.91. The van der Waals surface area contributed by atoms with Crippen LogP contribution in [-0.2, 0) is 9.13 Å². The SMILES string of the molecule is COc1ccccc1/C(C)=C/CN(C)CCCC(P(=O)([O-])O)P(=O)(O)O.[Na+].